The second-order valence-corrected chi connectivity index (χ2v) is 6.83. The van der Waals surface area contributed by atoms with Gasteiger partial charge in [0.05, 0.1) is 0 Å². The zero-order valence-electron chi connectivity index (χ0n) is 11.7. The number of thioether (sulfide) groups is 1. The van der Waals surface area contributed by atoms with Crippen molar-refractivity contribution in [1.82, 2.24) is 0 Å². The van der Waals surface area contributed by atoms with Gasteiger partial charge in [0.1, 0.15) is 6.10 Å². The van der Waals surface area contributed by atoms with E-state index in [9.17, 15) is 0 Å². The molecule has 0 aliphatic carbocycles. The van der Waals surface area contributed by atoms with Crippen LogP contribution < -0.4 is 0 Å². The van der Waals surface area contributed by atoms with Crippen molar-refractivity contribution >= 4 is 11.8 Å². The number of aryl methyl sites for hydroxylation is 1. The monoisotopic (exact) mass is 276 g/mol. The highest BCUT2D eigenvalue weighted by atomic mass is 32.2. The Morgan fingerprint density at radius 1 is 1.32 bits per heavy atom. The lowest BCUT2D eigenvalue weighted by atomic mass is 10.1. The predicted octanol–water partition coefficient (Wildman–Crippen LogP) is 4.28. The van der Waals surface area contributed by atoms with Crippen LogP contribution in [0.3, 0.4) is 0 Å². The zero-order chi connectivity index (χ0) is 13.5. The molecule has 0 amide bonds. The molecule has 0 spiro atoms. The highest BCUT2D eigenvalue weighted by Crippen LogP contribution is 2.53. The summed E-state index contributed by atoms with van der Waals surface area (Å²) in [5.41, 5.74) is 1.28. The molecule has 1 aromatic rings. The van der Waals surface area contributed by atoms with Crippen LogP contribution in [0, 0.1) is 6.92 Å². The lowest BCUT2D eigenvalue weighted by Crippen LogP contribution is -2.37. The molecule has 0 aromatic heterocycles. The van der Waals surface area contributed by atoms with Gasteiger partial charge in [-0.1, -0.05) is 42.5 Å². The van der Waals surface area contributed by atoms with Gasteiger partial charge < -0.3 is 9.47 Å². The number of benzene rings is 1. The minimum Gasteiger partial charge on any atom is -0.339 e. The number of hydrogen-bond donors (Lipinski definition) is 0. The van der Waals surface area contributed by atoms with Crippen molar-refractivity contribution in [1.29, 1.82) is 0 Å². The Morgan fingerprint density at radius 2 is 2.05 bits per heavy atom. The third-order valence-electron chi connectivity index (χ3n) is 3.75. The molecule has 0 N–H and O–H groups in total. The molecule has 1 fully saturated rings. The smallest absolute Gasteiger partial charge is 0.187 e. The average molecular weight is 276 g/mol. The van der Waals surface area contributed by atoms with Crippen LogP contribution in [0.5, 0.6) is 0 Å². The number of rotatable bonds is 3. The molecule has 0 saturated carbocycles. The molecule has 3 heteroatoms. The highest BCUT2D eigenvalue weighted by Gasteiger charge is 2.55. The normalized spacial score (nSPS) is 36.7. The van der Waals surface area contributed by atoms with Gasteiger partial charge in [0, 0.05) is 11.3 Å². The van der Waals surface area contributed by atoms with E-state index in [-0.39, 0.29) is 11.0 Å². The van der Waals surface area contributed by atoms with Crippen LogP contribution in [-0.4, -0.2) is 16.8 Å². The van der Waals surface area contributed by atoms with E-state index in [1.54, 1.807) is 11.8 Å². The molecule has 2 aliphatic heterocycles. The van der Waals surface area contributed by atoms with Gasteiger partial charge in [-0.05, 0) is 38.5 Å². The lowest BCUT2D eigenvalue weighted by Gasteiger charge is -2.33. The first-order valence-electron chi connectivity index (χ1n) is 6.87. The van der Waals surface area contributed by atoms with Crippen LogP contribution in [0.25, 0.3) is 0 Å². The lowest BCUT2D eigenvalue weighted by molar-refractivity contribution is -0.130. The van der Waals surface area contributed by atoms with Crippen molar-refractivity contribution in [3.8, 4) is 0 Å². The molecule has 1 aromatic carbocycles. The summed E-state index contributed by atoms with van der Waals surface area (Å²) >= 11 is 1.80. The van der Waals surface area contributed by atoms with Crippen molar-refractivity contribution in [3.05, 3.63) is 42.0 Å². The minimum atomic E-state index is -0.545. The van der Waals surface area contributed by atoms with E-state index in [1.165, 1.54) is 10.5 Å². The van der Waals surface area contributed by atoms with Crippen molar-refractivity contribution in [2.75, 3.05) is 0 Å². The van der Waals surface area contributed by atoms with E-state index in [2.05, 4.69) is 44.2 Å². The number of fused-ring (bicyclic) bond motifs is 2. The minimum absolute atomic E-state index is 0.138. The Labute approximate surface area is 119 Å². The molecular formula is C16H20O2S. The highest BCUT2D eigenvalue weighted by molar-refractivity contribution is 8.00. The van der Waals surface area contributed by atoms with Crippen LogP contribution in [0.15, 0.2) is 41.3 Å². The van der Waals surface area contributed by atoms with Gasteiger partial charge in [0.25, 0.3) is 0 Å². The van der Waals surface area contributed by atoms with Crippen LogP contribution in [0.4, 0.5) is 0 Å². The largest absolute Gasteiger partial charge is 0.339 e. The maximum absolute atomic E-state index is 6.26. The van der Waals surface area contributed by atoms with E-state index >= 15 is 0 Å². The Bertz CT molecular complexity index is 496. The maximum atomic E-state index is 6.26. The molecule has 102 valence electrons. The van der Waals surface area contributed by atoms with E-state index in [0.717, 1.165) is 12.8 Å². The summed E-state index contributed by atoms with van der Waals surface area (Å²) in [5, 5.41) is 0. The molecule has 0 radical (unpaired) electrons. The van der Waals surface area contributed by atoms with E-state index < -0.39 is 5.79 Å². The second kappa shape index (κ2) is 4.65. The van der Waals surface area contributed by atoms with Gasteiger partial charge in [-0.2, -0.15) is 0 Å². The maximum Gasteiger partial charge on any atom is 0.187 e. The zero-order valence-corrected chi connectivity index (χ0v) is 12.5. The van der Waals surface area contributed by atoms with E-state index in [1.807, 2.05) is 13.0 Å². The van der Waals surface area contributed by atoms with Crippen LogP contribution in [0.1, 0.15) is 32.3 Å². The van der Waals surface area contributed by atoms with Crippen LogP contribution >= 0.6 is 11.8 Å². The summed E-state index contributed by atoms with van der Waals surface area (Å²) in [6.07, 6.45) is 6.24. The first-order chi connectivity index (χ1) is 9.05. The van der Waals surface area contributed by atoms with Crippen molar-refractivity contribution in [2.24, 2.45) is 0 Å². The Balaban J connectivity index is 1.89. The quantitative estimate of drug-likeness (QED) is 0.767. The summed E-state index contributed by atoms with van der Waals surface area (Å²) < 4.78 is 12.4. The van der Waals surface area contributed by atoms with Gasteiger partial charge in [-0.3, -0.25) is 0 Å². The third-order valence-corrected chi connectivity index (χ3v) is 5.11. The molecule has 2 nitrogen and oxygen atoms in total. The second-order valence-electron chi connectivity index (χ2n) is 5.47. The summed E-state index contributed by atoms with van der Waals surface area (Å²) in [5.74, 6) is -0.545. The molecule has 1 saturated heterocycles. The molecule has 3 atom stereocenters. The standard InChI is InChI=1S/C16H20O2S/c1-4-14-16(11-5-10-15(3,17-14)18-16)19-13-8-6-12(2)7-9-13/h5-10,14H,4,11H2,1-3H3/t14-,15+,16+/m1/s1. The van der Waals surface area contributed by atoms with Crippen molar-refractivity contribution < 1.29 is 9.47 Å². The Morgan fingerprint density at radius 3 is 2.74 bits per heavy atom. The Hall–Kier alpha value is -0.770. The number of hydrogen-bond acceptors (Lipinski definition) is 3. The summed E-state index contributed by atoms with van der Waals surface area (Å²) in [4.78, 5) is 0.972. The molecule has 3 rings (SSSR count). The fourth-order valence-corrected chi connectivity index (χ4v) is 4.22. The molecule has 2 heterocycles. The van der Waals surface area contributed by atoms with Gasteiger partial charge in [0.15, 0.2) is 10.7 Å². The molecule has 2 aliphatic rings. The first kappa shape index (κ1) is 13.2. The number of ether oxygens (including phenoxy) is 2. The average Bonchev–Trinajstić information content (AvgIpc) is 2.58. The fraction of sp³-hybridized carbons (Fsp3) is 0.500. The topological polar surface area (TPSA) is 18.5 Å². The molecule has 0 unspecified atom stereocenters. The van der Waals surface area contributed by atoms with Gasteiger partial charge >= 0.3 is 0 Å². The molecule has 2 bridgehead atoms. The van der Waals surface area contributed by atoms with Crippen molar-refractivity contribution in [3.63, 3.8) is 0 Å². The van der Waals surface area contributed by atoms with Gasteiger partial charge in [0.2, 0.25) is 0 Å². The third kappa shape index (κ3) is 2.35. The summed E-state index contributed by atoms with van der Waals surface area (Å²) in [6.45, 7) is 6.27. The van der Waals surface area contributed by atoms with Crippen LogP contribution in [-0.2, 0) is 9.47 Å². The molecule has 19 heavy (non-hydrogen) atoms. The Kier molecular flexibility index (Phi) is 3.24. The molecular weight excluding hydrogens is 256 g/mol. The van der Waals surface area contributed by atoms with E-state index in [4.69, 9.17) is 9.47 Å². The van der Waals surface area contributed by atoms with Crippen molar-refractivity contribution in [2.45, 2.75) is 55.3 Å². The van der Waals surface area contributed by atoms with Crippen LogP contribution in [0.2, 0.25) is 0 Å². The first-order valence-corrected chi connectivity index (χ1v) is 7.68. The summed E-state index contributed by atoms with van der Waals surface area (Å²) in [6, 6.07) is 8.62. The van der Waals surface area contributed by atoms with E-state index in [0.29, 0.717) is 0 Å². The van der Waals surface area contributed by atoms with Gasteiger partial charge in [-0.15, -0.1) is 0 Å². The SMILES string of the molecule is CC[C@H]1O[C@]2(C)C=CC[C@@]1(Sc1ccc(C)cc1)O2. The van der Waals surface area contributed by atoms with Gasteiger partial charge in [-0.25, -0.2) is 0 Å². The fourth-order valence-electron chi connectivity index (χ4n) is 2.82. The summed E-state index contributed by atoms with van der Waals surface area (Å²) in [7, 11) is 0. The predicted molar refractivity (Wildman–Crippen MR) is 78.2 cm³/mol.